The molecule has 2 aliphatic rings. The minimum absolute atomic E-state index is 0.281. The summed E-state index contributed by atoms with van der Waals surface area (Å²) >= 11 is 0. The van der Waals surface area contributed by atoms with Gasteiger partial charge in [-0.05, 0) is 43.6 Å². The average molecular weight is 194 g/mol. The molecule has 2 heteroatoms. The van der Waals surface area contributed by atoms with Crippen LogP contribution in [0.1, 0.15) is 32.1 Å². The Hall–Kier alpha value is -0.630. The van der Waals surface area contributed by atoms with Gasteiger partial charge >= 0.3 is 0 Å². The first kappa shape index (κ1) is 9.91. The fraction of sp³-hybridized carbons (Fsp3) is 0.750. The molecule has 2 aliphatic carbocycles. The maximum atomic E-state index is 11.5. The molecule has 78 valence electrons. The van der Waals surface area contributed by atoms with Crippen LogP contribution in [0.4, 0.5) is 0 Å². The molecule has 0 bridgehead atoms. The maximum absolute atomic E-state index is 11.5. The van der Waals surface area contributed by atoms with Gasteiger partial charge in [0.05, 0.1) is 6.10 Å². The molecule has 2 rings (SSSR count). The molecule has 1 saturated carbocycles. The highest BCUT2D eigenvalue weighted by Gasteiger charge is 2.36. The van der Waals surface area contributed by atoms with Crippen LogP contribution in [-0.4, -0.2) is 19.0 Å². The van der Waals surface area contributed by atoms with E-state index >= 15 is 0 Å². The van der Waals surface area contributed by atoms with Gasteiger partial charge in [-0.2, -0.15) is 0 Å². The van der Waals surface area contributed by atoms with Crippen LogP contribution < -0.4 is 0 Å². The van der Waals surface area contributed by atoms with Crippen LogP contribution in [0.3, 0.4) is 0 Å². The number of fused-ring (bicyclic) bond motifs is 1. The zero-order valence-corrected chi connectivity index (χ0v) is 8.74. The number of hydrogen-bond acceptors (Lipinski definition) is 2. The van der Waals surface area contributed by atoms with Crippen LogP contribution in [0.5, 0.6) is 0 Å². The summed E-state index contributed by atoms with van der Waals surface area (Å²) in [5.74, 6) is 1.48. The number of hydrogen-bond donors (Lipinski definition) is 0. The average Bonchev–Trinajstić information content (AvgIpc) is 2.51. The van der Waals surface area contributed by atoms with Gasteiger partial charge in [-0.25, -0.2) is 0 Å². The summed E-state index contributed by atoms with van der Waals surface area (Å²) in [6, 6.07) is 0. The van der Waals surface area contributed by atoms with Crippen molar-refractivity contribution >= 4 is 5.78 Å². The van der Waals surface area contributed by atoms with Crippen molar-refractivity contribution in [3.05, 3.63) is 12.2 Å². The third-order valence-electron chi connectivity index (χ3n) is 3.65. The summed E-state index contributed by atoms with van der Waals surface area (Å²) in [7, 11) is 1.77. The van der Waals surface area contributed by atoms with E-state index in [0.717, 1.165) is 12.8 Å². The van der Waals surface area contributed by atoms with E-state index in [-0.39, 0.29) is 5.78 Å². The molecule has 0 saturated heterocycles. The zero-order chi connectivity index (χ0) is 9.97. The Morgan fingerprint density at radius 1 is 1.36 bits per heavy atom. The van der Waals surface area contributed by atoms with E-state index in [0.29, 0.717) is 24.4 Å². The van der Waals surface area contributed by atoms with E-state index in [1.165, 1.54) is 12.8 Å². The van der Waals surface area contributed by atoms with Gasteiger partial charge in [-0.1, -0.05) is 6.08 Å². The van der Waals surface area contributed by atoms with E-state index in [1.807, 2.05) is 6.08 Å². The topological polar surface area (TPSA) is 26.3 Å². The number of methoxy groups -OCH3 is 1. The second-order valence-corrected chi connectivity index (χ2v) is 4.43. The van der Waals surface area contributed by atoms with Gasteiger partial charge in [0, 0.05) is 13.5 Å². The molecule has 0 N–H and O–H groups in total. The van der Waals surface area contributed by atoms with E-state index in [1.54, 1.807) is 13.2 Å². The lowest BCUT2D eigenvalue weighted by Gasteiger charge is -2.23. The summed E-state index contributed by atoms with van der Waals surface area (Å²) in [5, 5.41) is 0. The molecule has 0 heterocycles. The molecule has 14 heavy (non-hydrogen) atoms. The third kappa shape index (κ3) is 1.90. The SMILES string of the molecule is CO[C@@H]1CC[C@H]2CC/C=C\C(=O)C[C@H]21. The van der Waals surface area contributed by atoms with E-state index in [4.69, 9.17) is 4.74 Å². The third-order valence-corrected chi connectivity index (χ3v) is 3.65. The first-order valence-corrected chi connectivity index (χ1v) is 5.53. The number of allylic oxidation sites excluding steroid dienone is 2. The summed E-state index contributed by atoms with van der Waals surface area (Å²) in [5.41, 5.74) is 0. The molecule has 0 aromatic carbocycles. The molecule has 0 spiro atoms. The minimum atomic E-state index is 0.281. The molecule has 1 fully saturated rings. The number of ketones is 1. The Kier molecular flexibility index (Phi) is 3.02. The quantitative estimate of drug-likeness (QED) is 0.640. The number of ether oxygens (including phenoxy) is 1. The Morgan fingerprint density at radius 3 is 3.00 bits per heavy atom. The van der Waals surface area contributed by atoms with Gasteiger partial charge in [0.2, 0.25) is 0 Å². The Bertz CT molecular complexity index is 245. The predicted molar refractivity (Wildman–Crippen MR) is 55.0 cm³/mol. The molecule has 3 atom stereocenters. The smallest absolute Gasteiger partial charge is 0.155 e. The molecule has 0 aliphatic heterocycles. The molecular formula is C12H18O2. The van der Waals surface area contributed by atoms with Crippen molar-refractivity contribution in [1.82, 2.24) is 0 Å². The minimum Gasteiger partial charge on any atom is -0.381 e. The highest BCUT2D eigenvalue weighted by atomic mass is 16.5. The molecule has 0 radical (unpaired) electrons. The molecule has 0 aromatic heterocycles. The van der Waals surface area contributed by atoms with Crippen LogP contribution in [0.15, 0.2) is 12.2 Å². The summed E-state index contributed by atoms with van der Waals surface area (Å²) in [6.07, 6.45) is 9.47. The summed E-state index contributed by atoms with van der Waals surface area (Å²) in [6.45, 7) is 0. The Balaban J connectivity index is 2.10. The van der Waals surface area contributed by atoms with Crippen molar-refractivity contribution in [2.45, 2.75) is 38.2 Å². The summed E-state index contributed by atoms with van der Waals surface area (Å²) < 4.78 is 5.45. The second kappa shape index (κ2) is 4.26. The fourth-order valence-electron chi connectivity index (χ4n) is 2.88. The van der Waals surface area contributed by atoms with Crippen molar-refractivity contribution in [2.24, 2.45) is 11.8 Å². The van der Waals surface area contributed by atoms with Crippen LogP contribution in [0, 0.1) is 11.8 Å². The van der Waals surface area contributed by atoms with Crippen LogP contribution in [-0.2, 0) is 9.53 Å². The largest absolute Gasteiger partial charge is 0.381 e. The molecule has 0 unspecified atom stereocenters. The lowest BCUT2D eigenvalue weighted by Crippen LogP contribution is -2.24. The normalized spacial score (nSPS) is 40.1. The Morgan fingerprint density at radius 2 is 2.21 bits per heavy atom. The van der Waals surface area contributed by atoms with Gasteiger partial charge in [0.15, 0.2) is 5.78 Å². The van der Waals surface area contributed by atoms with Gasteiger partial charge in [-0.3, -0.25) is 4.79 Å². The van der Waals surface area contributed by atoms with E-state index < -0.39 is 0 Å². The summed E-state index contributed by atoms with van der Waals surface area (Å²) in [4.78, 5) is 11.5. The number of rotatable bonds is 1. The lowest BCUT2D eigenvalue weighted by atomic mass is 9.85. The fourth-order valence-corrected chi connectivity index (χ4v) is 2.88. The first-order chi connectivity index (χ1) is 6.81. The van der Waals surface area contributed by atoms with Crippen molar-refractivity contribution in [3.8, 4) is 0 Å². The molecular weight excluding hydrogens is 176 g/mol. The van der Waals surface area contributed by atoms with Crippen LogP contribution >= 0.6 is 0 Å². The monoisotopic (exact) mass is 194 g/mol. The standard InChI is InChI=1S/C12H18O2/c1-14-12-7-6-9-4-2-3-5-10(13)8-11(9)12/h3,5,9,11-12H,2,4,6-8H2,1H3/b5-3-/t9-,11-,12-/m1/s1. The van der Waals surface area contributed by atoms with Crippen molar-refractivity contribution < 1.29 is 9.53 Å². The van der Waals surface area contributed by atoms with Gasteiger partial charge in [0.25, 0.3) is 0 Å². The molecule has 0 aromatic rings. The van der Waals surface area contributed by atoms with Crippen molar-refractivity contribution in [1.29, 1.82) is 0 Å². The van der Waals surface area contributed by atoms with Gasteiger partial charge in [0.1, 0.15) is 0 Å². The number of carbonyl (C=O) groups is 1. The highest BCUT2D eigenvalue weighted by Crippen LogP contribution is 2.39. The van der Waals surface area contributed by atoms with Crippen LogP contribution in [0.25, 0.3) is 0 Å². The second-order valence-electron chi connectivity index (χ2n) is 4.43. The highest BCUT2D eigenvalue weighted by molar-refractivity contribution is 5.89. The number of carbonyl (C=O) groups excluding carboxylic acids is 1. The van der Waals surface area contributed by atoms with Crippen molar-refractivity contribution in [3.63, 3.8) is 0 Å². The van der Waals surface area contributed by atoms with E-state index in [2.05, 4.69) is 0 Å². The maximum Gasteiger partial charge on any atom is 0.155 e. The van der Waals surface area contributed by atoms with Crippen molar-refractivity contribution in [2.75, 3.05) is 7.11 Å². The molecule has 0 amide bonds. The molecule has 2 nitrogen and oxygen atoms in total. The van der Waals surface area contributed by atoms with Gasteiger partial charge < -0.3 is 4.74 Å². The predicted octanol–water partition coefficient (Wildman–Crippen LogP) is 2.34. The zero-order valence-electron chi connectivity index (χ0n) is 8.74. The Labute approximate surface area is 85.3 Å². The van der Waals surface area contributed by atoms with Crippen LogP contribution in [0.2, 0.25) is 0 Å². The van der Waals surface area contributed by atoms with E-state index in [9.17, 15) is 4.79 Å². The lowest BCUT2D eigenvalue weighted by molar-refractivity contribution is -0.116. The van der Waals surface area contributed by atoms with Gasteiger partial charge in [-0.15, -0.1) is 0 Å². The first-order valence-electron chi connectivity index (χ1n) is 5.53.